The Morgan fingerprint density at radius 1 is 1.37 bits per heavy atom. The molecule has 1 N–H and O–H groups in total. The number of rotatable bonds is 4. The Morgan fingerprint density at radius 3 is 2.63 bits per heavy atom. The second kappa shape index (κ2) is 5.10. The summed E-state index contributed by atoms with van der Waals surface area (Å²) in [6.07, 6.45) is 3.71. The summed E-state index contributed by atoms with van der Waals surface area (Å²) in [7, 11) is 0. The van der Waals surface area contributed by atoms with Gasteiger partial charge < -0.3 is 5.11 Å². The highest BCUT2D eigenvalue weighted by Gasteiger charge is 2.24. The van der Waals surface area contributed by atoms with Crippen LogP contribution in [0, 0.1) is 0 Å². The molecule has 0 aliphatic heterocycles. The molecule has 100 valence electrons. The highest BCUT2D eigenvalue weighted by molar-refractivity contribution is 9.10. The normalized spacial score (nSPS) is 16.6. The first kappa shape index (κ1) is 12.9. The zero-order valence-electron chi connectivity index (χ0n) is 10.9. The SMILES string of the molecule is CCn1ncc(Br)c1C(O)c1ccc(C2CC2)cc1. The molecule has 0 amide bonds. The molecule has 4 heteroatoms. The van der Waals surface area contributed by atoms with E-state index in [2.05, 4.69) is 33.2 Å². The summed E-state index contributed by atoms with van der Waals surface area (Å²) in [5, 5.41) is 14.8. The molecule has 1 heterocycles. The molecule has 0 bridgehead atoms. The molecule has 0 spiro atoms. The van der Waals surface area contributed by atoms with Crippen LogP contribution < -0.4 is 0 Å². The summed E-state index contributed by atoms with van der Waals surface area (Å²) in [4.78, 5) is 0. The van der Waals surface area contributed by atoms with Gasteiger partial charge in [-0.3, -0.25) is 4.68 Å². The van der Waals surface area contributed by atoms with Crippen molar-refractivity contribution in [3.63, 3.8) is 0 Å². The molecule has 0 radical (unpaired) electrons. The topological polar surface area (TPSA) is 38.0 Å². The fourth-order valence-corrected chi connectivity index (χ4v) is 2.93. The number of hydrogen-bond acceptors (Lipinski definition) is 2. The third-order valence-electron chi connectivity index (χ3n) is 3.69. The van der Waals surface area contributed by atoms with Crippen LogP contribution in [0.2, 0.25) is 0 Å². The van der Waals surface area contributed by atoms with Crippen molar-refractivity contribution in [2.24, 2.45) is 0 Å². The highest BCUT2D eigenvalue weighted by atomic mass is 79.9. The van der Waals surface area contributed by atoms with Gasteiger partial charge in [0.2, 0.25) is 0 Å². The molecule has 3 rings (SSSR count). The molecule has 1 aromatic carbocycles. The first-order chi connectivity index (χ1) is 9.20. The number of aliphatic hydroxyl groups is 1. The lowest BCUT2D eigenvalue weighted by Crippen LogP contribution is -2.09. The molecule has 19 heavy (non-hydrogen) atoms. The predicted molar refractivity (Wildman–Crippen MR) is 78.1 cm³/mol. The van der Waals surface area contributed by atoms with Gasteiger partial charge in [0.25, 0.3) is 0 Å². The van der Waals surface area contributed by atoms with Crippen LogP contribution in [0.5, 0.6) is 0 Å². The zero-order valence-corrected chi connectivity index (χ0v) is 12.5. The molecular formula is C15H17BrN2O. The summed E-state index contributed by atoms with van der Waals surface area (Å²) in [5.41, 5.74) is 3.13. The molecule has 3 nitrogen and oxygen atoms in total. The van der Waals surface area contributed by atoms with Crippen LogP contribution in [0.15, 0.2) is 34.9 Å². The molecule has 1 saturated carbocycles. The van der Waals surface area contributed by atoms with Gasteiger partial charge in [-0.1, -0.05) is 24.3 Å². The van der Waals surface area contributed by atoms with Crippen LogP contribution >= 0.6 is 15.9 Å². The molecule has 1 aliphatic carbocycles. The van der Waals surface area contributed by atoms with Crippen molar-refractivity contribution in [2.75, 3.05) is 0 Å². The zero-order chi connectivity index (χ0) is 13.4. The van der Waals surface area contributed by atoms with E-state index in [0.29, 0.717) is 0 Å². The Bertz CT molecular complexity index is 572. The minimum atomic E-state index is -0.634. The van der Waals surface area contributed by atoms with Crippen molar-refractivity contribution in [1.82, 2.24) is 9.78 Å². The van der Waals surface area contributed by atoms with Crippen LogP contribution in [0.25, 0.3) is 0 Å². The van der Waals surface area contributed by atoms with E-state index >= 15 is 0 Å². The van der Waals surface area contributed by atoms with Gasteiger partial charge in [-0.25, -0.2) is 0 Å². The first-order valence-electron chi connectivity index (χ1n) is 6.69. The van der Waals surface area contributed by atoms with Crippen molar-refractivity contribution in [1.29, 1.82) is 0 Å². The minimum absolute atomic E-state index is 0.634. The van der Waals surface area contributed by atoms with Gasteiger partial charge in [-0.2, -0.15) is 5.10 Å². The van der Waals surface area contributed by atoms with E-state index in [9.17, 15) is 5.11 Å². The molecule has 0 saturated heterocycles. The molecule has 1 aliphatic rings. The van der Waals surface area contributed by atoms with Crippen molar-refractivity contribution in [3.05, 3.63) is 51.8 Å². The maximum Gasteiger partial charge on any atom is 0.122 e. The lowest BCUT2D eigenvalue weighted by Gasteiger charge is -2.14. The largest absolute Gasteiger partial charge is 0.382 e. The lowest BCUT2D eigenvalue weighted by atomic mass is 10.0. The van der Waals surface area contributed by atoms with Gasteiger partial charge in [0.15, 0.2) is 0 Å². The predicted octanol–water partition coefficient (Wildman–Crippen LogP) is 3.62. The fourth-order valence-electron chi connectivity index (χ4n) is 2.42. The van der Waals surface area contributed by atoms with Gasteiger partial charge in [-0.05, 0) is 52.7 Å². The number of nitrogens with zero attached hydrogens (tertiary/aromatic N) is 2. The quantitative estimate of drug-likeness (QED) is 0.934. The second-order valence-corrected chi connectivity index (χ2v) is 5.89. The lowest BCUT2D eigenvalue weighted by molar-refractivity contribution is 0.207. The summed E-state index contributed by atoms with van der Waals surface area (Å²) in [6, 6.07) is 8.32. The van der Waals surface area contributed by atoms with Gasteiger partial charge in [0, 0.05) is 6.54 Å². The van der Waals surface area contributed by atoms with E-state index in [1.54, 1.807) is 6.20 Å². The van der Waals surface area contributed by atoms with E-state index in [4.69, 9.17) is 0 Å². The van der Waals surface area contributed by atoms with E-state index in [0.717, 1.165) is 28.2 Å². The van der Waals surface area contributed by atoms with Gasteiger partial charge >= 0.3 is 0 Å². The molecule has 1 fully saturated rings. The molecule has 1 aromatic heterocycles. The van der Waals surface area contributed by atoms with Gasteiger partial charge in [-0.15, -0.1) is 0 Å². The van der Waals surface area contributed by atoms with Crippen LogP contribution in [-0.2, 0) is 6.54 Å². The highest BCUT2D eigenvalue weighted by Crippen LogP contribution is 2.40. The summed E-state index contributed by atoms with van der Waals surface area (Å²) >= 11 is 3.46. The summed E-state index contributed by atoms with van der Waals surface area (Å²) in [5.74, 6) is 0.749. The third kappa shape index (κ3) is 2.47. The number of benzene rings is 1. The second-order valence-electron chi connectivity index (χ2n) is 5.04. The monoisotopic (exact) mass is 320 g/mol. The van der Waals surface area contributed by atoms with Crippen molar-refractivity contribution < 1.29 is 5.11 Å². The number of halogens is 1. The smallest absolute Gasteiger partial charge is 0.122 e. The van der Waals surface area contributed by atoms with Crippen LogP contribution in [0.3, 0.4) is 0 Å². The van der Waals surface area contributed by atoms with Gasteiger partial charge in [0.05, 0.1) is 16.4 Å². The number of aromatic nitrogens is 2. The Kier molecular flexibility index (Phi) is 3.46. The average Bonchev–Trinajstić information content (AvgIpc) is 3.21. The van der Waals surface area contributed by atoms with Crippen LogP contribution in [0.4, 0.5) is 0 Å². The van der Waals surface area contributed by atoms with E-state index in [1.165, 1.54) is 18.4 Å². The Hall–Kier alpha value is -1.13. The maximum absolute atomic E-state index is 10.5. The van der Waals surface area contributed by atoms with E-state index in [-0.39, 0.29) is 0 Å². The first-order valence-corrected chi connectivity index (χ1v) is 7.49. The molecule has 1 atom stereocenters. The molecular weight excluding hydrogens is 304 g/mol. The Balaban J connectivity index is 1.89. The van der Waals surface area contributed by atoms with E-state index in [1.807, 2.05) is 23.7 Å². The summed E-state index contributed by atoms with van der Waals surface area (Å²) < 4.78 is 2.68. The van der Waals surface area contributed by atoms with Crippen molar-refractivity contribution >= 4 is 15.9 Å². The van der Waals surface area contributed by atoms with Crippen LogP contribution in [0.1, 0.15) is 48.6 Å². The molecule has 2 aromatic rings. The van der Waals surface area contributed by atoms with E-state index < -0.39 is 6.10 Å². The standard InChI is InChI=1S/C15H17BrN2O/c1-2-18-14(13(16)9-17-18)15(19)12-7-5-11(6-8-12)10-3-4-10/h5-10,15,19H,2-4H2,1H3. The third-order valence-corrected chi connectivity index (χ3v) is 4.30. The number of hydrogen-bond donors (Lipinski definition) is 1. The Labute approximate surface area is 121 Å². The minimum Gasteiger partial charge on any atom is -0.382 e. The molecule has 1 unspecified atom stereocenters. The van der Waals surface area contributed by atoms with Crippen molar-refractivity contribution in [3.8, 4) is 0 Å². The van der Waals surface area contributed by atoms with Crippen LogP contribution in [-0.4, -0.2) is 14.9 Å². The summed E-state index contributed by atoms with van der Waals surface area (Å²) in [6.45, 7) is 2.77. The Morgan fingerprint density at radius 2 is 2.05 bits per heavy atom. The number of aliphatic hydroxyl groups excluding tert-OH is 1. The average molecular weight is 321 g/mol. The maximum atomic E-state index is 10.5. The fraction of sp³-hybridized carbons (Fsp3) is 0.400. The number of aryl methyl sites for hydroxylation is 1. The van der Waals surface area contributed by atoms with Crippen molar-refractivity contribution in [2.45, 2.75) is 38.3 Å². The van der Waals surface area contributed by atoms with Gasteiger partial charge in [0.1, 0.15) is 6.10 Å².